The van der Waals surface area contributed by atoms with E-state index in [1.807, 2.05) is 0 Å². The van der Waals surface area contributed by atoms with Crippen molar-refractivity contribution in [2.75, 3.05) is 5.73 Å². The lowest BCUT2D eigenvalue weighted by atomic mass is 9.79. The van der Waals surface area contributed by atoms with Gasteiger partial charge in [0.15, 0.2) is 0 Å². The van der Waals surface area contributed by atoms with E-state index in [1.165, 1.54) is 18.2 Å². The number of benzene rings is 1. The van der Waals surface area contributed by atoms with Crippen LogP contribution >= 0.6 is 0 Å². The van der Waals surface area contributed by atoms with Crippen LogP contribution in [0.25, 0.3) is 0 Å². The molecule has 2 rings (SSSR count). The second-order valence-corrected chi connectivity index (χ2v) is 5.71. The van der Waals surface area contributed by atoms with Crippen LogP contribution in [0.4, 0.5) is 10.1 Å². The Bertz CT molecular complexity index is 455. The number of rotatable bonds is 2. The zero-order valence-corrected chi connectivity index (χ0v) is 11.4. The van der Waals surface area contributed by atoms with Gasteiger partial charge in [-0.3, -0.25) is 4.79 Å². The van der Waals surface area contributed by atoms with Gasteiger partial charge in [0.05, 0.1) is 0 Å². The predicted molar refractivity (Wildman–Crippen MR) is 74.2 cm³/mol. The lowest BCUT2D eigenvalue weighted by Gasteiger charge is -2.32. The maximum absolute atomic E-state index is 13.2. The Morgan fingerprint density at radius 2 is 2.00 bits per heavy atom. The Labute approximate surface area is 113 Å². The predicted octanol–water partition coefficient (Wildman–Crippen LogP) is 2.96. The van der Waals surface area contributed by atoms with Crippen LogP contribution in [-0.4, -0.2) is 11.9 Å². The van der Waals surface area contributed by atoms with Crippen LogP contribution in [0, 0.1) is 17.7 Å². The van der Waals surface area contributed by atoms with Crippen molar-refractivity contribution in [3.8, 4) is 0 Å². The molecule has 0 bridgehead atoms. The van der Waals surface area contributed by atoms with Crippen LogP contribution in [0.3, 0.4) is 0 Å². The maximum Gasteiger partial charge on any atom is 0.251 e. The van der Waals surface area contributed by atoms with Crippen LogP contribution in [-0.2, 0) is 0 Å². The van der Waals surface area contributed by atoms with Crippen LogP contribution in [0.15, 0.2) is 18.2 Å². The fourth-order valence-electron chi connectivity index (χ4n) is 2.69. The zero-order valence-electron chi connectivity index (χ0n) is 11.4. The minimum absolute atomic E-state index is 0.184. The summed E-state index contributed by atoms with van der Waals surface area (Å²) >= 11 is 0. The number of halogens is 1. The Kier molecular flexibility index (Phi) is 4.08. The quantitative estimate of drug-likeness (QED) is 0.807. The Hall–Kier alpha value is -1.58. The van der Waals surface area contributed by atoms with Gasteiger partial charge in [-0.1, -0.05) is 13.8 Å². The number of hydrogen-bond acceptors (Lipinski definition) is 2. The third-order valence-corrected chi connectivity index (χ3v) is 4.12. The summed E-state index contributed by atoms with van der Waals surface area (Å²) in [5.74, 6) is 0.600. The summed E-state index contributed by atoms with van der Waals surface area (Å²) in [7, 11) is 0. The summed E-state index contributed by atoms with van der Waals surface area (Å²) in [5.41, 5.74) is 6.12. The summed E-state index contributed by atoms with van der Waals surface area (Å²) in [6.45, 7) is 4.46. The summed E-state index contributed by atoms with van der Waals surface area (Å²) < 4.78 is 13.2. The normalized spacial score (nSPS) is 27.0. The van der Waals surface area contributed by atoms with E-state index in [4.69, 9.17) is 5.73 Å². The molecular weight excluding hydrogens is 243 g/mol. The first-order valence-corrected chi connectivity index (χ1v) is 6.82. The smallest absolute Gasteiger partial charge is 0.251 e. The second-order valence-electron chi connectivity index (χ2n) is 5.71. The van der Waals surface area contributed by atoms with E-state index in [0.29, 0.717) is 17.4 Å². The summed E-state index contributed by atoms with van der Waals surface area (Å²) in [4.78, 5) is 12.1. The Morgan fingerprint density at radius 1 is 1.26 bits per heavy atom. The SMILES string of the molecule is CC1CCC(NC(=O)c2cc(N)cc(F)c2)CC1C. The van der Waals surface area contributed by atoms with E-state index in [9.17, 15) is 9.18 Å². The van der Waals surface area contributed by atoms with Crippen molar-refractivity contribution in [2.45, 2.75) is 39.2 Å². The standard InChI is InChI=1S/C15H21FN2O/c1-9-3-4-14(5-10(9)2)18-15(19)11-6-12(16)8-13(17)7-11/h6-10,14H,3-5,17H2,1-2H3,(H,18,19). The van der Waals surface area contributed by atoms with Crippen LogP contribution in [0.1, 0.15) is 43.5 Å². The summed E-state index contributed by atoms with van der Waals surface area (Å²) in [5, 5.41) is 2.98. The summed E-state index contributed by atoms with van der Waals surface area (Å²) in [6.07, 6.45) is 3.09. The maximum atomic E-state index is 13.2. The molecule has 1 fully saturated rings. The molecule has 0 aliphatic heterocycles. The van der Waals surface area contributed by atoms with Gasteiger partial charge >= 0.3 is 0 Å². The fraction of sp³-hybridized carbons (Fsp3) is 0.533. The van der Waals surface area contributed by atoms with E-state index < -0.39 is 5.82 Å². The van der Waals surface area contributed by atoms with Gasteiger partial charge in [0.25, 0.3) is 5.91 Å². The Morgan fingerprint density at radius 3 is 2.63 bits per heavy atom. The third kappa shape index (κ3) is 3.46. The molecule has 3 N–H and O–H groups in total. The summed E-state index contributed by atoms with van der Waals surface area (Å²) in [6, 6.07) is 4.12. The molecule has 19 heavy (non-hydrogen) atoms. The van der Waals surface area contributed by atoms with Crippen molar-refractivity contribution in [2.24, 2.45) is 11.8 Å². The minimum Gasteiger partial charge on any atom is -0.399 e. The van der Waals surface area contributed by atoms with Gasteiger partial charge in [0.2, 0.25) is 0 Å². The number of nitrogens with one attached hydrogen (secondary N) is 1. The van der Waals surface area contributed by atoms with Gasteiger partial charge in [0, 0.05) is 17.3 Å². The molecule has 3 unspecified atom stereocenters. The largest absolute Gasteiger partial charge is 0.399 e. The van der Waals surface area contributed by atoms with Crippen molar-refractivity contribution in [3.63, 3.8) is 0 Å². The number of carbonyl (C=O) groups is 1. The number of hydrogen-bond donors (Lipinski definition) is 2. The number of nitrogens with two attached hydrogens (primary N) is 1. The molecule has 1 aliphatic rings. The van der Waals surface area contributed by atoms with Crippen LogP contribution in [0.2, 0.25) is 0 Å². The van der Waals surface area contributed by atoms with Gasteiger partial charge in [-0.25, -0.2) is 4.39 Å². The first kappa shape index (κ1) is 13.8. The second kappa shape index (κ2) is 5.59. The van der Waals surface area contributed by atoms with Gasteiger partial charge in [-0.2, -0.15) is 0 Å². The van der Waals surface area contributed by atoms with E-state index in [-0.39, 0.29) is 17.6 Å². The first-order valence-electron chi connectivity index (χ1n) is 6.82. The first-order chi connectivity index (χ1) is 8.95. The fourth-order valence-corrected chi connectivity index (χ4v) is 2.69. The topological polar surface area (TPSA) is 55.1 Å². The molecule has 0 aromatic heterocycles. The molecule has 0 spiro atoms. The van der Waals surface area contributed by atoms with E-state index >= 15 is 0 Å². The molecule has 1 aliphatic carbocycles. The molecule has 0 heterocycles. The number of nitrogen functional groups attached to an aromatic ring is 1. The molecule has 1 amide bonds. The monoisotopic (exact) mass is 264 g/mol. The third-order valence-electron chi connectivity index (χ3n) is 4.12. The minimum atomic E-state index is -0.476. The molecule has 0 radical (unpaired) electrons. The van der Waals surface area contributed by atoms with Gasteiger partial charge in [0.1, 0.15) is 5.82 Å². The van der Waals surface area contributed by atoms with Gasteiger partial charge < -0.3 is 11.1 Å². The van der Waals surface area contributed by atoms with Crippen molar-refractivity contribution < 1.29 is 9.18 Å². The van der Waals surface area contributed by atoms with Gasteiger partial charge in [-0.15, -0.1) is 0 Å². The molecule has 104 valence electrons. The van der Waals surface area contributed by atoms with E-state index in [0.717, 1.165) is 19.3 Å². The average Bonchev–Trinajstić information content (AvgIpc) is 2.32. The highest BCUT2D eigenvalue weighted by atomic mass is 19.1. The molecule has 4 heteroatoms. The van der Waals surface area contributed by atoms with E-state index in [2.05, 4.69) is 19.2 Å². The number of anilines is 1. The lowest BCUT2D eigenvalue weighted by Crippen LogP contribution is -2.39. The number of amides is 1. The molecule has 0 saturated heterocycles. The number of carbonyl (C=O) groups excluding carboxylic acids is 1. The highest BCUT2D eigenvalue weighted by molar-refractivity contribution is 5.95. The Balaban J connectivity index is 2.01. The molecule has 1 aromatic carbocycles. The molecule has 1 aromatic rings. The lowest BCUT2D eigenvalue weighted by molar-refractivity contribution is 0.0910. The van der Waals surface area contributed by atoms with Crippen LogP contribution in [0.5, 0.6) is 0 Å². The van der Waals surface area contributed by atoms with Crippen molar-refractivity contribution in [3.05, 3.63) is 29.6 Å². The zero-order chi connectivity index (χ0) is 14.0. The molecular formula is C15H21FN2O. The van der Waals surface area contributed by atoms with Crippen molar-refractivity contribution in [1.29, 1.82) is 0 Å². The highest BCUT2D eigenvalue weighted by Crippen LogP contribution is 2.29. The molecule has 3 nitrogen and oxygen atoms in total. The van der Waals surface area contributed by atoms with Gasteiger partial charge in [-0.05, 0) is 49.3 Å². The average molecular weight is 264 g/mol. The molecule has 1 saturated carbocycles. The van der Waals surface area contributed by atoms with Crippen molar-refractivity contribution >= 4 is 11.6 Å². The highest BCUT2D eigenvalue weighted by Gasteiger charge is 2.25. The van der Waals surface area contributed by atoms with Crippen LogP contribution < -0.4 is 11.1 Å². The van der Waals surface area contributed by atoms with E-state index in [1.54, 1.807) is 0 Å². The van der Waals surface area contributed by atoms with Crippen molar-refractivity contribution in [1.82, 2.24) is 5.32 Å². The molecule has 3 atom stereocenters.